The first kappa shape index (κ1) is 19.0. The molecule has 6 heteroatoms. The minimum absolute atomic E-state index is 0.0206. The number of rotatable bonds is 4. The van der Waals surface area contributed by atoms with Gasteiger partial charge in [-0.15, -0.1) is 0 Å². The van der Waals surface area contributed by atoms with E-state index in [0.717, 1.165) is 27.7 Å². The zero-order chi connectivity index (χ0) is 20.6. The van der Waals surface area contributed by atoms with Crippen LogP contribution in [0.2, 0.25) is 5.02 Å². The van der Waals surface area contributed by atoms with Gasteiger partial charge in [-0.25, -0.2) is 8.42 Å². The number of allylic oxidation sites excluding steroid dienone is 1. The van der Waals surface area contributed by atoms with Crippen LogP contribution >= 0.6 is 11.6 Å². The number of para-hydroxylation sites is 1. The van der Waals surface area contributed by atoms with Gasteiger partial charge in [-0.2, -0.15) is 5.26 Å². The molecule has 29 heavy (non-hydrogen) atoms. The number of aromatic nitrogens is 1. The molecule has 0 aliphatic heterocycles. The minimum Gasteiger partial charge on any atom is -0.354 e. The zero-order valence-electron chi connectivity index (χ0n) is 15.2. The topological polar surface area (TPSA) is 73.7 Å². The van der Waals surface area contributed by atoms with Gasteiger partial charge in [-0.1, -0.05) is 66.7 Å². The Labute approximate surface area is 173 Å². The van der Waals surface area contributed by atoms with E-state index in [4.69, 9.17) is 16.9 Å². The highest BCUT2D eigenvalue weighted by atomic mass is 35.5. The molecule has 4 rings (SSSR count). The van der Waals surface area contributed by atoms with E-state index in [2.05, 4.69) is 11.6 Å². The summed E-state index contributed by atoms with van der Waals surface area (Å²) in [4.78, 5) is 2.89. The molecule has 0 radical (unpaired) electrons. The lowest BCUT2D eigenvalue weighted by molar-refractivity contribution is 0.603. The third-order valence-corrected chi connectivity index (χ3v) is 6.68. The van der Waals surface area contributed by atoms with Crippen molar-refractivity contribution in [3.63, 3.8) is 0 Å². The number of fused-ring (bicyclic) bond motifs is 1. The Balaban J connectivity index is 2.05. The number of nitriles is 1. The van der Waals surface area contributed by atoms with Gasteiger partial charge >= 0.3 is 0 Å². The van der Waals surface area contributed by atoms with Crippen LogP contribution in [0.3, 0.4) is 0 Å². The van der Waals surface area contributed by atoms with Crippen molar-refractivity contribution in [3.05, 3.63) is 89.3 Å². The highest BCUT2D eigenvalue weighted by Gasteiger charge is 2.23. The monoisotopic (exact) mass is 418 g/mol. The Morgan fingerprint density at radius 1 is 1.00 bits per heavy atom. The first-order valence-corrected chi connectivity index (χ1v) is 10.6. The van der Waals surface area contributed by atoms with Gasteiger partial charge in [-0.3, -0.25) is 0 Å². The normalized spacial score (nSPS) is 11.3. The average molecular weight is 419 g/mol. The predicted molar refractivity (Wildman–Crippen MR) is 116 cm³/mol. The van der Waals surface area contributed by atoms with E-state index in [-0.39, 0.29) is 4.90 Å². The molecule has 3 aromatic carbocycles. The Hall–Kier alpha value is -3.33. The van der Waals surface area contributed by atoms with Crippen molar-refractivity contribution >= 4 is 32.3 Å². The molecule has 0 aliphatic rings. The molecule has 4 nitrogen and oxygen atoms in total. The fourth-order valence-corrected chi connectivity index (χ4v) is 4.45. The Kier molecular flexibility index (Phi) is 4.75. The lowest BCUT2D eigenvalue weighted by Gasteiger charge is -2.10. The van der Waals surface area contributed by atoms with Gasteiger partial charge in [0.05, 0.1) is 10.6 Å². The third kappa shape index (κ3) is 3.23. The number of hydrogen-bond donors (Lipinski definition) is 1. The molecule has 0 bridgehead atoms. The molecule has 1 N–H and O–H groups in total. The Morgan fingerprint density at radius 2 is 1.69 bits per heavy atom. The molecule has 4 aromatic rings. The molecule has 0 saturated heterocycles. The molecular formula is C23H15ClN2O2S. The van der Waals surface area contributed by atoms with Crippen molar-refractivity contribution in [2.45, 2.75) is 4.90 Å². The molecular weight excluding hydrogens is 404 g/mol. The summed E-state index contributed by atoms with van der Waals surface area (Å²) in [6, 6.07) is 23.5. The number of halogens is 1. The minimum atomic E-state index is -3.97. The number of H-pyrrole nitrogens is 1. The summed E-state index contributed by atoms with van der Waals surface area (Å²) in [6.45, 7) is 3.36. The van der Waals surface area contributed by atoms with Gasteiger partial charge in [0.15, 0.2) is 0 Å². The quantitative estimate of drug-likeness (QED) is 0.415. The van der Waals surface area contributed by atoms with Crippen LogP contribution in [-0.4, -0.2) is 13.4 Å². The van der Waals surface area contributed by atoms with Crippen LogP contribution in [0.15, 0.2) is 89.2 Å². The number of benzene rings is 3. The fourth-order valence-electron chi connectivity index (χ4n) is 3.31. The first-order valence-electron chi connectivity index (χ1n) is 8.73. The van der Waals surface area contributed by atoms with Gasteiger partial charge in [-0.05, 0) is 29.8 Å². The van der Waals surface area contributed by atoms with E-state index in [1.165, 1.54) is 18.2 Å². The summed E-state index contributed by atoms with van der Waals surface area (Å²) >= 11 is 6.51. The summed E-state index contributed by atoms with van der Waals surface area (Å²) in [5, 5.41) is 10.3. The molecule has 0 atom stereocenters. The van der Waals surface area contributed by atoms with E-state index in [1.807, 2.05) is 54.6 Å². The Bertz CT molecular complexity index is 1400. The first-order chi connectivity index (χ1) is 13.9. The molecule has 0 spiro atoms. The second-order valence-corrected chi connectivity index (χ2v) is 8.84. The van der Waals surface area contributed by atoms with Gasteiger partial charge in [0, 0.05) is 27.1 Å². The second kappa shape index (κ2) is 7.25. The van der Waals surface area contributed by atoms with Crippen molar-refractivity contribution in [2.75, 3.05) is 0 Å². The summed E-state index contributed by atoms with van der Waals surface area (Å²) in [5.74, 6) is 0. The van der Waals surface area contributed by atoms with Gasteiger partial charge in [0.1, 0.15) is 11.0 Å². The number of aromatic amines is 1. The molecule has 0 unspecified atom stereocenters. The van der Waals surface area contributed by atoms with Crippen LogP contribution < -0.4 is 0 Å². The largest absolute Gasteiger partial charge is 0.354 e. The molecule has 0 aliphatic carbocycles. The fraction of sp³-hybridized carbons (Fsp3) is 0. The molecule has 1 aromatic heterocycles. The van der Waals surface area contributed by atoms with Crippen molar-refractivity contribution in [3.8, 4) is 28.5 Å². The van der Waals surface area contributed by atoms with Gasteiger partial charge < -0.3 is 4.98 Å². The van der Waals surface area contributed by atoms with E-state index >= 15 is 0 Å². The van der Waals surface area contributed by atoms with Crippen LogP contribution in [-0.2, 0) is 9.84 Å². The van der Waals surface area contributed by atoms with Gasteiger partial charge in [0.25, 0.3) is 0 Å². The number of sulfone groups is 1. The summed E-state index contributed by atoms with van der Waals surface area (Å²) in [5.41, 5.74) is 4.06. The summed E-state index contributed by atoms with van der Waals surface area (Å²) in [7, 11) is -3.97. The molecule has 1 heterocycles. The standard InChI is InChI=1S/C23H15ClN2O2S/c1-15(14-25)29(27,28)17-11-12-20(24)19(13-17)22-18-9-5-6-10-21(18)26-23(22)16-7-3-2-4-8-16/h2-13,26H,1H2. The zero-order valence-corrected chi connectivity index (χ0v) is 16.8. The van der Waals surface area contributed by atoms with E-state index < -0.39 is 14.7 Å². The predicted octanol–water partition coefficient (Wildman–Crippen LogP) is 5.97. The number of nitrogens with one attached hydrogen (secondary N) is 1. The molecule has 142 valence electrons. The van der Waals surface area contributed by atoms with Crippen LogP contribution in [0.1, 0.15) is 0 Å². The van der Waals surface area contributed by atoms with Gasteiger partial charge in [0.2, 0.25) is 9.84 Å². The maximum Gasteiger partial charge on any atom is 0.216 e. The maximum absolute atomic E-state index is 12.6. The van der Waals surface area contributed by atoms with E-state index in [9.17, 15) is 8.42 Å². The molecule has 0 amide bonds. The van der Waals surface area contributed by atoms with Crippen molar-refractivity contribution < 1.29 is 8.42 Å². The van der Waals surface area contributed by atoms with E-state index in [1.54, 1.807) is 6.07 Å². The number of nitrogens with zero attached hydrogens (tertiary/aromatic N) is 1. The van der Waals surface area contributed by atoms with Crippen LogP contribution in [0.5, 0.6) is 0 Å². The van der Waals surface area contributed by atoms with Crippen LogP contribution in [0.4, 0.5) is 0 Å². The third-order valence-electron chi connectivity index (χ3n) is 4.74. The average Bonchev–Trinajstić information content (AvgIpc) is 3.13. The lowest BCUT2D eigenvalue weighted by Crippen LogP contribution is -2.02. The van der Waals surface area contributed by atoms with E-state index in [0.29, 0.717) is 10.6 Å². The number of hydrogen-bond acceptors (Lipinski definition) is 3. The van der Waals surface area contributed by atoms with Crippen LogP contribution in [0, 0.1) is 11.3 Å². The van der Waals surface area contributed by atoms with Crippen LogP contribution in [0.25, 0.3) is 33.3 Å². The SMILES string of the molecule is C=C(C#N)S(=O)(=O)c1ccc(Cl)c(-c2c(-c3ccccc3)[nH]c3ccccc23)c1. The second-order valence-electron chi connectivity index (χ2n) is 6.47. The summed E-state index contributed by atoms with van der Waals surface area (Å²) in [6.07, 6.45) is 0. The smallest absolute Gasteiger partial charge is 0.216 e. The molecule has 0 saturated carbocycles. The Morgan fingerprint density at radius 3 is 2.41 bits per heavy atom. The lowest BCUT2D eigenvalue weighted by atomic mass is 9.98. The highest BCUT2D eigenvalue weighted by molar-refractivity contribution is 7.95. The maximum atomic E-state index is 12.6. The van der Waals surface area contributed by atoms with Crippen molar-refractivity contribution in [1.29, 1.82) is 5.26 Å². The molecule has 0 fully saturated rings. The van der Waals surface area contributed by atoms with Crippen molar-refractivity contribution in [1.82, 2.24) is 4.98 Å². The summed E-state index contributed by atoms with van der Waals surface area (Å²) < 4.78 is 25.3. The highest BCUT2D eigenvalue weighted by Crippen LogP contribution is 2.42. The van der Waals surface area contributed by atoms with Crippen molar-refractivity contribution in [2.24, 2.45) is 0 Å².